The maximum Gasteiger partial charge on any atom is 0.0812 e. The number of hydrogen-bond acceptors (Lipinski definition) is 2. The summed E-state index contributed by atoms with van der Waals surface area (Å²) in [5.74, 6) is 0. The Morgan fingerprint density at radius 2 is 2.38 bits per heavy atom. The van der Waals surface area contributed by atoms with Gasteiger partial charge >= 0.3 is 0 Å². The normalized spacial score (nSPS) is 8.50. The molecule has 0 aliphatic carbocycles. The summed E-state index contributed by atoms with van der Waals surface area (Å²) >= 11 is 0. The molecule has 0 aliphatic rings. The summed E-state index contributed by atoms with van der Waals surface area (Å²) in [5, 5.41) is 0. The Morgan fingerprint density at radius 1 is 1.50 bits per heavy atom. The maximum atomic E-state index is 5.12. The molecule has 0 aromatic carbocycles. The summed E-state index contributed by atoms with van der Waals surface area (Å²) in [7, 11) is 0. The first-order valence-corrected chi connectivity index (χ1v) is 2.24. The van der Waals surface area contributed by atoms with Gasteiger partial charge in [0.25, 0.3) is 0 Å². The van der Waals surface area contributed by atoms with Crippen LogP contribution in [0, 0.1) is 6.58 Å². The highest BCUT2D eigenvalue weighted by atomic mass is 14.7. The molecule has 0 spiro atoms. The van der Waals surface area contributed by atoms with Crippen molar-refractivity contribution in [1.82, 2.24) is 9.97 Å². The molecular weight excluding hydrogens is 100 g/mol. The van der Waals surface area contributed by atoms with Crippen LogP contribution in [0.3, 0.4) is 0 Å². The maximum absolute atomic E-state index is 5.12. The molecule has 39 valence electrons. The molecule has 8 heavy (non-hydrogen) atoms. The quantitative estimate of drug-likeness (QED) is 0.530. The Labute approximate surface area is 47.9 Å². The third kappa shape index (κ3) is 0.904. The smallest absolute Gasteiger partial charge is 0.0812 e. The number of rotatable bonds is 1. The second kappa shape index (κ2) is 2.21. The van der Waals surface area contributed by atoms with E-state index >= 15 is 0 Å². The molecule has 1 aromatic heterocycles. The standard InChI is InChI=1S/C6H5N2/c1-2-6-5-7-3-4-8-6/h1-5H. The highest BCUT2D eigenvalue weighted by Gasteiger charge is 1.78. The van der Waals surface area contributed by atoms with Crippen LogP contribution >= 0.6 is 0 Å². The third-order valence-corrected chi connectivity index (χ3v) is 0.754. The van der Waals surface area contributed by atoms with Crippen molar-refractivity contribution in [3.8, 4) is 0 Å². The molecule has 0 bridgehead atoms. The number of nitrogens with zero attached hydrogens (tertiary/aromatic N) is 2. The molecule has 0 saturated carbocycles. The molecule has 0 saturated heterocycles. The zero-order valence-corrected chi connectivity index (χ0v) is 4.28. The minimum atomic E-state index is 0.701. The van der Waals surface area contributed by atoms with Crippen LogP contribution < -0.4 is 0 Å². The fourth-order valence-electron chi connectivity index (χ4n) is 0.397. The van der Waals surface area contributed by atoms with Crippen molar-refractivity contribution in [1.29, 1.82) is 0 Å². The lowest BCUT2D eigenvalue weighted by Gasteiger charge is -1.83. The largest absolute Gasteiger partial charge is 0.261 e. The summed E-state index contributed by atoms with van der Waals surface area (Å²) < 4.78 is 0. The SMILES string of the molecule is [CH]=Cc1cnccn1. The lowest BCUT2D eigenvalue weighted by Crippen LogP contribution is -1.77. The summed E-state index contributed by atoms with van der Waals surface area (Å²) in [6, 6.07) is 0. The highest BCUT2D eigenvalue weighted by Crippen LogP contribution is 1.88. The van der Waals surface area contributed by atoms with Crippen molar-refractivity contribution < 1.29 is 0 Å². The monoisotopic (exact) mass is 105 g/mol. The van der Waals surface area contributed by atoms with Gasteiger partial charge in [0, 0.05) is 12.4 Å². The van der Waals surface area contributed by atoms with Gasteiger partial charge in [0.1, 0.15) is 0 Å². The van der Waals surface area contributed by atoms with E-state index in [0.717, 1.165) is 0 Å². The highest BCUT2D eigenvalue weighted by molar-refractivity contribution is 5.36. The molecule has 2 heteroatoms. The van der Waals surface area contributed by atoms with E-state index in [2.05, 4.69) is 9.97 Å². The van der Waals surface area contributed by atoms with Crippen molar-refractivity contribution in [2.24, 2.45) is 0 Å². The van der Waals surface area contributed by atoms with Crippen molar-refractivity contribution in [2.75, 3.05) is 0 Å². The number of hydrogen-bond donors (Lipinski definition) is 0. The van der Waals surface area contributed by atoms with Crippen molar-refractivity contribution in [2.45, 2.75) is 0 Å². The second-order valence-corrected chi connectivity index (χ2v) is 1.30. The fourth-order valence-corrected chi connectivity index (χ4v) is 0.397. The van der Waals surface area contributed by atoms with Crippen LogP contribution in [-0.2, 0) is 0 Å². The predicted octanol–water partition coefficient (Wildman–Crippen LogP) is 0.923. The van der Waals surface area contributed by atoms with Gasteiger partial charge in [-0.15, -0.1) is 0 Å². The van der Waals surface area contributed by atoms with Gasteiger partial charge in [0.2, 0.25) is 0 Å². The van der Waals surface area contributed by atoms with Gasteiger partial charge in [-0.05, 0) is 6.08 Å². The molecule has 0 unspecified atom stereocenters. The summed E-state index contributed by atoms with van der Waals surface area (Å²) in [6.45, 7) is 5.12. The molecule has 0 amide bonds. The van der Waals surface area contributed by atoms with Crippen LogP contribution in [0.1, 0.15) is 5.69 Å². The molecule has 1 rings (SSSR count). The molecule has 1 aromatic rings. The lowest BCUT2D eigenvalue weighted by atomic mass is 10.5. The van der Waals surface area contributed by atoms with Crippen LogP contribution in [0.2, 0.25) is 0 Å². The van der Waals surface area contributed by atoms with E-state index in [1.165, 1.54) is 6.08 Å². The average Bonchev–Trinajstić information content (AvgIpc) is 1.90. The molecule has 0 N–H and O–H groups in total. The first-order chi connectivity index (χ1) is 3.93. The Kier molecular flexibility index (Phi) is 1.37. The summed E-state index contributed by atoms with van der Waals surface area (Å²) in [6.07, 6.45) is 6.21. The van der Waals surface area contributed by atoms with Gasteiger partial charge in [0.15, 0.2) is 0 Å². The molecule has 0 fully saturated rings. The van der Waals surface area contributed by atoms with Gasteiger partial charge in [-0.1, -0.05) is 6.58 Å². The van der Waals surface area contributed by atoms with E-state index in [9.17, 15) is 0 Å². The Balaban J connectivity index is 2.99. The Bertz CT molecular complexity index is 169. The topological polar surface area (TPSA) is 25.8 Å². The molecule has 0 atom stereocenters. The lowest BCUT2D eigenvalue weighted by molar-refractivity contribution is 1.18. The van der Waals surface area contributed by atoms with Gasteiger partial charge in [-0.2, -0.15) is 0 Å². The van der Waals surface area contributed by atoms with Crippen LogP contribution in [0.4, 0.5) is 0 Å². The molecule has 1 radical (unpaired) electrons. The van der Waals surface area contributed by atoms with Crippen LogP contribution in [0.5, 0.6) is 0 Å². The summed E-state index contributed by atoms with van der Waals surface area (Å²) in [4.78, 5) is 7.64. The molecular formula is C6H5N2. The van der Waals surface area contributed by atoms with Gasteiger partial charge < -0.3 is 0 Å². The Morgan fingerprint density at radius 3 is 2.75 bits per heavy atom. The van der Waals surface area contributed by atoms with E-state index in [1.54, 1.807) is 18.6 Å². The van der Waals surface area contributed by atoms with Gasteiger partial charge in [-0.3, -0.25) is 9.97 Å². The minimum absolute atomic E-state index is 0.701. The van der Waals surface area contributed by atoms with Crippen LogP contribution in [0.15, 0.2) is 18.6 Å². The molecule has 1 heterocycles. The van der Waals surface area contributed by atoms with Crippen molar-refractivity contribution >= 4 is 6.08 Å². The van der Waals surface area contributed by atoms with Crippen molar-refractivity contribution in [3.05, 3.63) is 30.9 Å². The van der Waals surface area contributed by atoms with E-state index in [1.807, 2.05) is 0 Å². The van der Waals surface area contributed by atoms with Gasteiger partial charge in [-0.25, -0.2) is 0 Å². The minimum Gasteiger partial charge on any atom is -0.261 e. The molecule has 0 aliphatic heterocycles. The zero-order chi connectivity index (χ0) is 5.82. The Hall–Kier alpha value is -1.18. The van der Waals surface area contributed by atoms with Gasteiger partial charge in [0.05, 0.1) is 11.9 Å². The molecule has 2 nitrogen and oxygen atoms in total. The van der Waals surface area contributed by atoms with E-state index < -0.39 is 0 Å². The van der Waals surface area contributed by atoms with Crippen molar-refractivity contribution in [3.63, 3.8) is 0 Å². The van der Waals surface area contributed by atoms with Crippen LogP contribution in [0.25, 0.3) is 6.08 Å². The zero-order valence-electron chi connectivity index (χ0n) is 4.28. The summed E-state index contributed by atoms with van der Waals surface area (Å²) in [5.41, 5.74) is 0.701. The van der Waals surface area contributed by atoms with Crippen LogP contribution in [-0.4, -0.2) is 9.97 Å². The van der Waals surface area contributed by atoms with E-state index in [-0.39, 0.29) is 0 Å². The first kappa shape index (κ1) is 4.97. The third-order valence-electron chi connectivity index (χ3n) is 0.754. The average molecular weight is 105 g/mol. The fraction of sp³-hybridized carbons (Fsp3) is 0. The second-order valence-electron chi connectivity index (χ2n) is 1.30. The van der Waals surface area contributed by atoms with E-state index in [4.69, 9.17) is 6.58 Å². The first-order valence-electron chi connectivity index (χ1n) is 2.24. The number of aromatic nitrogens is 2. The predicted molar refractivity (Wildman–Crippen MR) is 30.8 cm³/mol. The van der Waals surface area contributed by atoms with E-state index in [0.29, 0.717) is 5.69 Å².